The standard InChI is InChI=1S/C38H22N2O.2C38H22N2S/c1-2-10-23(11-3-1)36-29-14-6-8-16-32(29)39-38(40-36)25-19-20-26-24(22-25)18-21-31-34(26)27-12-4-5-13-28(27)35-30-15-7-9-17-33(30)41-37(31)35;1-2-10-23(11-3-1)36-37(40-32-16-8-7-15-31(32)39-36)25-19-20-26-24(22-25)18-21-30-34(26)27-12-4-5-13-28(27)35-29-14-6-9-17-33(29)41-38(30)35;1-2-10-23(11-3-1)36-29-14-6-8-16-32(29)39-38(40-36)25-19-20-26-24(22-25)18-21-31-34(26)27-12-4-5-13-28(27)35-30-15-7-9-17-33(30)41-37(31)35/h3*1-22H. The molecule has 123 heavy (non-hydrogen) atoms. The van der Waals surface area contributed by atoms with Crippen molar-refractivity contribution in [3.05, 3.63) is 400 Å². The molecule has 0 bridgehead atoms. The maximum atomic E-state index is 6.49. The van der Waals surface area contributed by atoms with Gasteiger partial charge >= 0.3 is 0 Å². The molecule has 7 nitrogen and oxygen atoms in total. The maximum Gasteiger partial charge on any atom is 0.160 e. The van der Waals surface area contributed by atoms with E-state index in [1.807, 2.05) is 89.4 Å². The van der Waals surface area contributed by atoms with Crippen LogP contribution in [0.5, 0.6) is 0 Å². The van der Waals surface area contributed by atoms with Gasteiger partial charge in [0.05, 0.1) is 44.8 Å². The van der Waals surface area contributed by atoms with Gasteiger partial charge in [0.2, 0.25) is 0 Å². The number of aromatic nitrogens is 6. The maximum absolute atomic E-state index is 6.49. The Morgan fingerprint density at radius 3 is 0.951 bits per heavy atom. The zero-order valence-corrected chi connectivity index (χ0v) is 67.6. The Kier molecular flexibility index (Phi) is 16.3. The van der Waals surface area contributed by atoms with Crippen molar-refractivity contribution in [1.82, 2.24) is 29.9 Å². The van der Waals surface area contributed by atoms with Crippen molar-refractivity contribution in [3.63, 3.8) is 0 Å². The Hall–Kier alpha value is -15.8. The average Bonchev–Trinajstić information content (AvgIpc) is 0.795. The first-order valence-corrected chi connectivity index (χ1v) is 43.2. The van der Waals surface area contributed by atoms with Gasteiger partial charge in [-0.3, -0.25) is 0 Å². The Morgan fingerprint density at radius 1 is 0.179 bits per heavy atom. The van der Waals surface area contributed by atoms with E-state index in [1.165, 1.54) is 132 Å². The van der Waals surface area contributed by atoms with E-state index in [2.05, 4.69) is 334 Å². The third-order valence-corrected chi connectivity index (χ3v) is 27.1. The number of thiophene rings is 2. The van der Waals surface area contributed by atoms with Crippen molar-refractivity contribution in [2.45, 2.75) is 0 Å². The second-order valence-electron chi connectivity index (χ2n) is 31.6. The lowest BCUT2D eigenvalue weighted by Gasteiger charge is -2.13. The lowest BCUT2D eigenvalue weighted by molar-refractivity contribution is 0.673. The minimum atomic E-state index is 0.724. The molecule has 570 valence electrons. The molecule has 0 aliphatic rings. The zero-order valence-electron chi connectivity index (χ0n) is 66.0. The Balaban J connectivity index is 0.000000101. The number of nitrogens with zero attached hydrogens (tertiary/aromatic N) is 6. The predicted molar refractivity (Wildman–Crippen MR) is 522 cm³/mol. The molecule has 0 aliphatic carbocycles. The highest BCUT2D eigenvalue weighted by Crippen LogP contribution is 2.50. The lowest BCUT2D eigenvalue weighted by Crippen LogP contribution is -1.95. The molecule has 6 aromatic heterocycles. The number of furan rings is 1. The Labute approximate surface area is 712 Å². The fraction of sp³-hybridized carbons (Fsp3) is 0. The summed E-state index contributed by atoms with van der Waals surface area (Å²) in [6.45, 7) is 0. The van der Waals surface area contributed by atoms with Gasteiger partial charge in [-0.15, -0.1) is 22.7 Å². The summed E-state index contributed by atoms with van der Waals surface area (Å²) in [5.74, 6) is 1.47. The van der Waals surface area contributed by atoms with Crippen molar-refractivity contribution < 1.29 is 4.42 Å². The Bertz CT molecular complexity index is 8750. The van der Waals surface area contributed by atoms with Crippen LogP contribution in [0.3, 0.4) is 0 Å². The molecule has 21 aromatic carbocycles. The second kappa shape index (κ2) is 28.5. The summed E-state index contributed by atoms with van der Waals surface area (Å²) >= 11 is 3.79. The number of fused-ring (bicyclic) bond motifs is 33. The van der Waals surface area contributed by atoms with Crippen LogP contribution in [-0.4, -0.2) is 29.9 Å². The SMILES string of the molecule is c1ccc(-c2nc(-c3ccc4c(ccc5c6oc7ccccc7c6c6ccccc6c45)c3)nc3ccccc23)cc1.c1ccc(-c2nc(-c3ccc4c(ccc5c6sc7ccccc7c6c6ccccc6c45)c3)nc3ccccc23)cc1.c1ccc(-c2nc3ccccc3nc2-c2ccc3c(ccc4c5sc6ccccc6c5c5ccccc5c34)c2)cc1. The molecule has 0 radical (unpaired) electrons. The summed E-state index contributed by atoms with van der Waals surface area (Å²) in [5, 5.41) is 32.4. The first-order valence-electron chi connectivity index (χ1n) is 41.5. The first-order chi connectivity index (χ1) is 61.0. The summed E-state index contributed by atoms with van der Waals surface area (Å²) in [4.78, 5) is 30.4. The van der Waals surface area contributed by atoms with Gasteiger partial charge in [0.1, 0.15) is 11.2 Å². The summed E-state index contributed by atoms with van der Waals surface area (Å²) in [5.41, 5.74) is 15.6. The fourth-order valence-electron chi connectivity index (χ4n) is 19.2. The van der Waals surface area contributed by atoms with Crippen LogP contribution in [-0.2, 0) is 0 Å². The van der Waals surface area contributed by atoms with Crippen molar-refractivity contribution in [2.75, 3.05) is 0 Å². The molecule has 6 heterocycles. The van der Waals surface area contributed by atoms with Crippen LogP contribution in [0, 0.1) is 0 Å². The Morgan fingerprint density at radius 2 is 0.496 bits per heavy atom. The smallest absolute Gasteiger partial charge is 0.160 e. The monoisotopic (exact) mass is 1600 g/mol. The molecule has 0 fully saturated rings. The summed E-state index contributed by atoms with van der Waals surface area (Å²) in [7, 11) is 0. The van der Waals surface area contributed by atoms with Crippen LogP contribution in [0.2, 0.25) is 0 Å². The largest absolute Gasteiger partial charge is 0.455 e. The topological polar surface area (TPSA) is 90.5 Å². The molecule has 0 atom stereocenters. The van der Waals surface area contributed by atoms with E-state index in [9.17, 15) is 0 Å². The van der Waals surface area contributed by atoms with Gasteiger partial charge in [-0.2, -0.15) is 0 Å². The highest BCUT2D eigenvalue weighted by molar-refractivity contribution is 7.27. The van der Waals surface area contributed by atoms with Crippen molar-refractivity contribution in [3.8, 4) is 67.8 Å². The van der Waals surface area contributed by atoms with Crippen LogP contribution < -0.4 is 0 Å². The molecule has 9 heteroatoms. The van der Waals surface area contributed by atoms with E-state index in [-0.39, 0.29) is 0 Å². The molecule has 0 aliphatic heterocycles. The number of rotatable bonds is 6. The minimum Gasteiger partial charge on any atom is -0.455 e. The van der Waals surface area contributed by atoms with Crippen molar-refractivity contribution in [1.29, 1.82) is 0 Å². The van der Waals surface area contributed by atoms with E-state index < -0.39 is 0 Å². The normalized spacial score (nSPS) is 11.9. The summed E-state index contributed by atoms with van der Waals surface area (Å²) < 4.78 is 11.9. The average molecular weight is 1600 g/mol. The highest BCUT2D eigenvalue weighted by Gasteiger charge is 2.24. The quantitative estimate of drug-likeness (QED) is 0.153. The summed E-state index contributed by atoms with van der Waals surface area (Å²) in [6, 6.07) is 142. The molecule has 0 N–H and O–H groups in total. The van der Waals surface area contributed by atoms with Gasteiger partial charge in [-0.25, -0.2) is 29.9 Å². The lowest BCUT2D eigenvalue weighted by atomic mass is 9.92. The van der Waals surface area contributed by atoms with Crippen LogP contribution in [0.1, 0.15) is 0 Å². The van der Waals surface area contributed by atoms with Crippen LogP contribution >= 0.6 is 22.7 Å². The van der Waals surface area contributed by atoms with Crippen LogP contribution in [0.4, 0.5) is 0 Å². The van der Waals surface area contributed by atoms with Gasteiger partial charge < -0.3 is 4.42 Å². The first kappa shape index (κ1) is 70.3. The minimum absolute atomic E-state index is 0.724. The van der Waals surface area contributed by atoms with Gasteiger partial charge in [0, 0.05) is 117 Å². The van der Waals surface area contributed by atoms with E-state index in [0.29, 0.717) is 0 Å². The van der Waals surface area contributed by atoms with E-state index >= 15 is 0 Å². The molecule has 27 rings (SSSR count). The predicted octanol–water partition coefficient (Wildman–Crippen LogP) is 31.9. The molecule has 27 aromatic rings. The van der Waals surface area contributed by atoms with Crippen molar-refractivity contribution in [2.24, 2.45) is 0 Å². The molecule has 0 saturated heterocycles. The van der Waals surface area contributed by atoms with Crippen LogP contribution in [0.15, 0.2) is 405 Å². The summed E-state index contributed by atoms with van der Waals surface area (Å²) in [6.07, 6.45) is 0. The number of hydrogen-bond acceptors (Lipinski definition) is 9. The molecule has 0 amide bonds. The van der Waals surface area contributed by atoms with Crippen molar-refractivity contribution >= 4 is 215 Å². The molecule has 0 unspecified atom stereocenters. The molecule has 0 spiro atoms. The zero-order chi connectivity index (χ0) is 80.7. The number of hydrogen-bond donors (Lipinski definition) is 0. The van der Waals surface area contributed by atoms with Gasteiger partial charge in [-0.1, -0.05) is 334 Å². The van der Waals surface area contributed by atoms with Gasteiger partial charge in [-0.05, 0) is 142 Å². The third kappa shape index (κ3) is 11.5. The third-order valence-electron chi connectivity index (χ3n) is 24.7. The fourth-order valence-corrected chi connectivity index (χ4v) is 21.7. The highest BCUT2D eigenvalue weighted by atomic mass is 32.1. The van der Waals surface area contributed by atoms with E-state index in [4.69, 9.17) is 34.3 Å². The number of benzene rings is 21. The van der Waals surface area contributed by atoms with Gasteiger partial charge in [0.25, 0.3) is 0 Å². The van der Waals surface area contributed by atoms with Gasteiger partial charge in [0.15, 0.2) is 11.6 Å². The van der Waals surface area contributed by atoms with Crippen LogP contribution in [0.25, 0.3) is 260 Å². The molecular formula is C114H66N6OS2. The number of para-hydroxylation sites is 5. The second-order valence-corrected chi connectivity index (χ2v) is 33.8. The molecular weight excluding hydrogens is 1530 g/mol. The van der Waals surface area contributed by atoms with E-state index in [1.54, 1.807) is 0 Å². The van der Waals surface area contributed by atoms with E-state index in [0.717, 1.165) is 128 Å². The molecule has 0 saturated carbocycles.